The van der Waals surface area contributed by atoms with Crippen LogP contribution in [0.25, 0.3) is 0 Å². The van der Waals surface area contributed by atoms with E-state index in [1.807, 2.05) is 0 Å². The molecule has 0 heterocycles. The fraction of sp³-hybridized carbons (Fsp3) is 0. The van der Waals surface area contributed by atoms with Crippen LogP contribution in [0.5, 0.6) is 0 Å². The minimum atomic E-state index is -2.61. The molecule has 86 valence electrons. The third-order valence-corrected chi connectivity index (χ3v) is 0. The van der Waals surface area contributed by atoms with E-state index in [1.54, 1.807) is 0 Å². The van der Waals surface area contributed by atoms with Crippen LogP contribution >= 0.6 is 0 Å². The van der Waals surface area contributed by atoms with Crippen molar-refractivity contribution in [1.82, 2.24) is 0 Å². The van der Waals surface area contributed by atoms with Crippen molar-refractivity contribution in [1.29, 1.82) is 0 Å². The Hall–Kier alpha value is 2.73. The third kappa shape index (κ3) is 373. The van der Waals surface area contributed by atoms with E-state index in [0.29, 0.717) is 0 Å². The minimum absolute atomic E-state index is 0. The van der Waals surface area contributed by atoms with E-state index in [1.165, 1.54) is 0 Å². The van der Waals surface area contributed by atoms with Gasteiger partial charge in [-0.15, -0.1) is 0 Å². The van der Waals surface area contributed by atoms with E-state index in [2.05, 4.69) is 0 Å². The van der Waals surface area contributed by atoms with E-state index in [0.717, 1.165) is 0 Å². The van der Waals surface area contributed by atoms with Gasteiger partial charge >= 0.3 is 75.5 Å². The zero-order chi connectivity index (χ0) is 10.7. The predicted molar refractivity (Wildman–Crippen MR) is 57.3 cm³/mol. The van der Waals surface area contributed by atoms with Crippen LogP contribution in [-0.4, -0.2) is 115 Å². The van der Waals surface area contributed by atoms with Crippen LogP contribution in [0.2, 0.25) is 0 Å². The Bertz CT molecular complexity index is 116. The molecule has 0 aliphatic rings. The first-order chi connectivity index (χ1) is 5.20. The van der Waals surface area contributed by atoms with Crippen molar-refractivity contribution >= 4 is 110 Å². The maximum atomic E-state index is 8.67. The predicted octanol–water partition coefficient (Wildman–Crippen LogP) is -2.79. The van der Waals surface area contributed by atoms with Crippen LogP contribution in [0.1, 0.15) is 0 Å². The fourth-order valence-corrected chi connectivity index (χ4v) is 0. The molecule has 0 rings (SSSR count). The van der Waals surface area contributed by atoms with Gasteiger partial charge in [-0.1, -0.05) is 0 Å². The molecule has 0 aromatic rings. The van der Waals surface area contributed by atoms with Gasteiger partial charge in [0.15, 0.2) is 0 Å². The number of rotatable bonds is 0. The topological polar surface area (TPSA) is 173 Å². The van der Waals surface area contributed by atoms with Crippen LogP contribution < -0.4 is 0 Å². The quantitative estimate of drug-likeness (QED) is 0.203. The Labute approximate surface area is 147 Å². The molecule has 0 radical (unpaired) electrons. The first-order valence-electron chi connectivity index (χ1n) is 1.60. The molecule has 0 amide bonds. The van der Waals surface area contributed by atoms with Crippen molar-refractivity contribution in [3.63, 3.8) is 0 Å². The van der Waals surface area contributed by atoms with Crippen LogP contribution in [0.3, 0.4) is 0 Å². The second-order valence-electron chi connectivity index (χ2n) is 0.692. The molecule has 0 fully saturated rings. The molecule has 0 saturated carbocycles. The second kappa shape index (κ2) is 24.8. The van der Waals surface area contributed by atoms with Gasteiger partial charge in [-0.25, -0.2) is 0 Å². The van der Waals surface area contributed by atoms with Gasteiger partial charge in [-0.2, -0.15) is 12.6 Å². The Morgan fingerprint density at radius 2 is 0.500 bits per heavy atom. The molecule has 0 unspecified atom stereocenters. The summed E-state index contributed by atoms with van der Waals surface area (Å²) in [5.74, 6) is 0. The second-order valence-corrected chi connectivity index (χ2v) is 2.08. The molecule has 9 nitrogen and oxygen atoms in total. The molecule has 0 spiro atoms. The Morgan fingerprint density at radius 1 is 0.500 bits per heavy atom. The molecule has 0 atom stereocenters. The van der Waals surface area contributed by atoms with Gasteiger partial charge in [0.2, 0.25) is 0 Å². The maximum absolute atomic E-state index is 8.67. The average molecular weight is 330 g/mol. The van der Waals surface area contributed by atoms with Gasteiger partial charge in [0.25, 0.3) is 34.1 Å². The summed E-state index contributed by atoms with van der Waals surface area (Å²) in [7, 11) is 0. The molecular weight excluding hydrogens is 320 g/mol. The summed E-state index contributed by atoms with van der Waals surface area (Å²) in [6.07, 6.45) is 0. The van der Waals surface area contributed by atoms with Crippen molar-refractivity contribution in [2.75, 3.05) is 0 Å². The third-order valence-electron chi connectivity index (χ3n) is 0. The standard InChI is InChI=1S/2Ca.3H2O3S.4H/c;;3*1-4(2)3;;;;/h;;3*(H2,1,2,3);;;;. The van der Waals surface area contributed by atoms with Crippen LogP contribution in [0.15, 0.2) is 0 Å². The SMILES string of the molecule is O=S(O)O.O=S(O)O.O=S(O)O.[CaH2].[CaH2]. The van der Waals surface area contributed by atoms with Gasteiger partial charge in [0, 0.05) is 0 Å². The first-order valence-corrected chi connectivity index (χ1v) is 4.79. The fourth-order valence-electron chi connectivity index (χ4n) is 0. The summed E-state index contributed by atoms with van der Waals surface area (Å²) >= 11 is -7.83. The Balaban J connectivity index is -0.0000000270. The van der Waals surface area contributed by atoms with E-state index >= 15 is 0 Å². The van der Waals surface area contributed by atoms with Gasteiger partial charge in [-0.05, 0) is 0 Å². The van der Waals surface area contributed by atoms with E-state index in [-0.39, 0.29) is 75.5 Å². The van der Waals surface area contributed by atoms with Crippen LogP contribution in [0, 0.1) is 0 Å². The molecule has 0 aliphatic carbocycles. The summed E-state index contributed by atoms with van der Waals surface area (Å²) in [6, 6.07) is 0. The molecule has 0 saturated heterocycles. The van der Waals surface area contributed by atoms with E-state index in [9.17, 15) is 0 Å². The van der Waals surface area contributed by atoms with Crippen molar-refractivity contribution in [2.24, 2.45) is 0 Å². The monoisotopic (exact) mass is 330 g/mol. The normalized spacial score (nSPS) is 7.50. The van der Waals surface area contributed by atoms with Crippen molar-refractivity contribution < 1.29 is 39.9 Å². The van der Waals surface area contributed by atoms with Crippen molar-refractivity contribution in [2.45, 2.75) is 0 Å². The van der Waals surface area contributed by atoms with Gasteiger partial charge in [0.05, 0.1) is 0 Å². The molecule has 0 aromatic carbocycles. The van der Waals surface area contributed by atoms with Crippen LogP contribution in [-0.2, 0) is 34.1 Å². The zero-order valence-corrected chi connectivity index (χ0v) is 7.58. The molecule has 14 heavy (non-hydrogen) atoms. The Morgan fingerprint density at radius 3 is 0.500 bits per heavy atom. The van der Waals surface area contributed by atoms with Gasteiger partial charge < -0.3 is 0 Å². The first kappa shape index (κ1) is 30.1. The Kier molecular flexibility index (Phi) is 53.3. The van der Waals surface area contributed by atoms with E-state index in [4.69, 9.17) is 39.9 Å². The number of hydrogen-bond acceptors (Lipinski definition) is 3. The molecule has 6 N–H and O–H groups in total. The summed E-state index contributed by atoms with van der Waals surface area (Å²) in [4.78, 5) is 0. The van der Waals surface area contributed by atoms with Crippen molar-refractivity contribution in [3.8, 4) is 0 Å². The molecule has 0 bridgehead atoms. The molecule has 14 heteroatoms. The van der Waals surface area contributed by atoms with Gasteiger partial charge in [-0.3, -0.25) is 27.3 Å². The molecular formula is H10Ca2O9S3. The number of hydrogen-bond donors (Lipinski definition) is 6. The van der Waals surface area contributed by atoms with Gasteiger partial charge in [0.1, 0.15) is 0 Å². The molecule has 0 aliphatic heterocycles. The summed E-state index contributed by atoms with van der Waals surface area (Å²) < 4.78 is 68.5. The van der Waals surface area contributed by atoms with E-state index < -0.39 is 34.1 Å². The van der Waals surface area contributed by atoms with Crippen LogP contribution in [0.4, 0.5) is 0 Å². The average Bonchev–Trinajstić information content (AvgIpc) is 1.54. The summed E-state index contributed by atoms with van der Waals surface area (Å²) in [5, 5.41) is 0. The summed E-state index contributed by atoms with van der Waals surface area (Å²) in [6.45, 7) is 0. The summed E-state index contributed by atoms with van der Waals surface area (Å²) in [5.41, 5.74) is 0. The zero-order valence-electron chi connectivity index (χ0n) is 5.13. The van der Waals surface area contributed by atoms with Crippen molar-refractivity contribution in [3.05, 3.63) is 0 Å². The molecule has 0 aromatic heterocycles.